The van der Waals surface area contributed by atoms with Crippen molar-refractivity contribution >= 4 is 23.2 Å². The molecule has 0 saturated carbocycles. The van der Waals surface area contributed by atoms with Crippen LogP contribution in [-0.4, -0.2) is 34.7 Å². The number of allylic oxidation sites excluding steroid dienone is 1. The second kappa shape index (κ2) is 5.06. The maximum atomic E-state index is 11.7. The van der Waals surface area contributed by atoms with Crippen LogP contribution in [0.4, 0.5) is 5.69 Å². The van der Waals surface area contributed by atoms with E-state index in [4.69, 9.17) is 5.11 Å². The summed E-state index contributed by atoms with van der Waals surface area (Å²) in [6.45, 7) is 6.08. The second-order valence-electron chi connectivity index (χ2n) is 6.39. The van der Waals surface area contributed by atoms with Crippen LogP contribution in [0.2, 0.25) is 0 Å². The highest BCUT2D eigenvalue weighted by atomic mass is 16.4. The van der Waals surface area contributed by atoms with E-state index in [0.29, 0.717) is 5.69 Å². The maximum Gasteiger partial charge on any atom is 0.364 e. The zero-order chi connectivity index (χ0) is 16.7. The monoisotopic (exact) mass is 303 g/mol. The zero-order valence-electron chi connectivity index (χ0n) is 13.0. The van der Waals surface area contributed by atoms with Gasteiger partial charge in [-0.25, -0.2) is 4.79 Å². The Morgan fingerprint density at radius 3 is 2.36 bits per heavy atom. The fourth-order valence-corrected chi connectivity index (χ4v) is 2.47. The van der Waals surface area contributed by atoms with Crippen molar-refractivity contribution in [3.63, 3.8) is 0 Å². The number of benzene rings is 1. The van der Waals surface area contributed by atoms with Gasteiger partial charge in [-0.15, -0.1) is 4.59 Å². The molecule has 1 aliphatic heterocycles. The van der Waals surface area contributed by atoms with Crippen molar-refractivity contribution in [2.75, 3.05) is 7.05 Å². The summed E-state index contributed by atoms with van der Waals surface area (Å²) in [5.41, 5.74) is 0.769. The molecule has 1 aliphatic rings. The summed E-state index contributed by atoms with van der Waals surface area (Å²) in [6.07, 6.45) is 1.25. The molecule has 0 fully saturated rings. The van der Waals surface area contributed by atoms with Crippen molar-refractivity contribution in [1.29, 1.82) is 0 Å². The molecule has 0 saturated heterocycles. The summed E-state index contributed by atoms with van der Waals surface area (Å²) >= 11 is 0. The number of aliphatic carboxylic acids is 1. The first-order chi connectivity index (χ1) is 10.1. The van der Waals surface area contributed by atoms with E-state index in [9.17, 15) is 14.7 Å². The zero-order valence-corrected chi connectivity index (χ0v) is 13.0. The predicted molar refractivity (Wildman–Crippen MR) is 83.6 cm³/mol. The lowest BCUT2D eigenvalue weighted by molar-refractivity contribution is -0.130. The molecule has 0 amide bonds. The number of carboxylic acids is 1. The smallest absolute Gasteiger partial charge is 0.364 e. The summed E-state index contributed by atoms with van der Waals surface area (Å²) in [5.74, 6) is -3.04. The summed E-state index contributed by atoms with van der Waals surface area (Å²) in [4.78, 5) is 22.9. The Balaban J connectivity index is 2.71. The van der Waals surface area contributed by atoms with Crippen LogP contribution in [0.3, 0.4) is 0 Å². The number of ketones is 1. The van der Waals surface area contributed by atoms with Gasteiger partial charge in [0, 0.05) is 11.6 Å². The van der Waals surface area contributed by atoms with Crippen molar-refractivity contribution in [3.8, 4) is 0 Å². The van der Waals surface area contributed by atoms with E-state index in [1.54, 1.807) is 7.05 Å². The first-order valence-corrected chi connectivity index (χ1v) is 6.82. The molecule has 1 aromatic carbocycles. The second-order valence-corrected chi connectivity index (χ2v) is 6.39. The fraction of sp³-hybridized carbons (Fsp3) is 0.312. The fourth-order valence-electron chi connectivity index (χ4n) is 2.47. The minimum Gasteiger partial charge on any atom is -0.500 e. The molecule has 1 atom stereocenters. The Bertz CT molecular complexity index is 713. The van der Waals surface area contributed by atoms with Gasteiger partial charge in [-0.1, -0.05) is 44.1 Å². The molecule has 0 radical (unpaired) electrons. The Hall–Kier alpha value is -2.47. The third kappa shape index (κ3) is 2.65. The van der Waals surface area contributed by atoms with Crippen molar-refractivity contribution in [2.24, 2.45) is 5.10 Å². The number of carbonyl (C=O) groups excluding carboxylic acids is 1. The molecule has 0 spiro atoms. The van der Waals surface area contributed by atoms with Crippen LogP contribution in [0.25, 0.3) is 0 Å². The quantitative estimate of drug-likeness (QED) is 0.821. The molecule has 22 heavy (non-hydrogen) atoms. The third-order valence-corrected chi connectivity index (χ3v) is 3.53. The van der Waals surface area contributed by atoms with Gasteiger partial charge in [0.25, 0.3) is 11.5 Å². The molecule has 6 heteroatoms. The minimum atomic E-state index is -1.46. The van der Waals surface area contributed by atoms with Crippen LogP contribution in [-0.2, 0) is 15.0 Å². The van der Waals surface area contributed by atoms with Crippen LogP contribution >= 0.6 is 0 Å². The average molecular weight is 303 g/mol. The molecule has 2 rings (SSSR count). The highest BCUT2D eigenvalue weighted by molar-refractivity contribution is 6.67. The maximum absolute atomic E-state index is 11.7. The van der Waals surface area contributed by atoms with Gasteiger partial charge in [-0.3, -0.25) is 4.79 Å². The predicted octanol–water partition coefficient (Wildman–Crippen LogP) is 2.34. The number of carbonyl (C=O) groups is 2. The molecule has 1 heterocycles. The van der Waals surface area contributed by atoms with Crippen molar-refractivity contribution in [1.82, 2.24) is 4.59 Å². The Kier molecular flexibility index (Phi) is 3.66. The van der Waals surface area contributed by atoms with E-state index in [-0.39, 0.29) is 10.0 Å². The number of carboxylic acid groups (broad SMARTS) is 1. The highest BCUT2D eigenvalue weighted by Crippen LogP contribution is 2.36. The van der Waals surface area contributed by atoms with Gasteiger partial charge in [0.1, 0.15) is 7.05 Å². The third-order valence-electron chi connectivity index (χ3n) is 3.53. The van der Waals surface area contributed by atoms with Crippen LogP contribution in [0.1, 0.15) is 26.3 Å². The molecule has 2 N–H and O–H groups in total. The van der Waals surface area contributed by atoms with Crippen LogP contribution < -0.4 is 4.59 Å². The van der Waals surface area contributed by atoms with Crippen molar-refractivity contribution in [3.05, 3.63) is 41.8 Å². The number of hydrogen-bond donors (Lipinski definition) is 2. The number of nitrogens with zero attached hydrogens (tertiary/aromatic N) is 2. The lowest BCUT2D eigenvalue weighted by Crippen LogP contribution is -2.44. The number of para-hydroxylation sites is 1. The van der Waals surface area contributed by atoms with Gasteiger partial charge in [-0.05, 0) is 5.41 Å². The molecule has 1 unspecified atom stereocenters. The molecular formula is C16H19N2O4+. The first-order valence-electron chi connectivity index (χ1n) is 6.82. The minimum absolute atomic E-state index is 0.207. The summed E-state index contributed by atoms with van der Waals surface area (Å²) in [5, 5.41) is 23.0. The molecule has 6 nitrogen and oxygen atoms in total. The van der Waals surface area contributed by atoms with E-state index >= 15 is 0 Å². The first kappa shape index (κ1) is 15.9. The van der Waals surface area contributed by atoms with Gasteiger partial charge < -0.3 is 10.2 Å². The average Bonchev–Trinajstić information content (AvgIpc) is 2.42. The van der Waals surface area contributed by atoms with E-state index in [1.165, 1.54) is 6.20 Å². The van der Waals surface area contributed by atoms with Crippen LogP contribution in [0.5, 0.6) is 0 Å². The molecule has 1 aromatic rings. The summed E-state index contributed by atoms with van der Waals surface area (Å²) in [7, 11) is 1.62. The van der Waals surface area contributed by atoms with Crippen molar-refractivity contribution < 1.29 is 19.8 Å². The largest absolute Gasteiger partial charge is 0.500 e. The van der Waals surface area contributed by atoms with Gasteiger partial charge in [0.15, 0.2) is 11.9 Å². The van der Waals surface area contributed by atoms with E-state index in [0.717, 1.165) is 5.56 Å². The summed E-state index contributed by atoms with van der Waals surface area (Å²) < 4.78 is -0.327. The molecular weight excluding hydrogens is 284 g/mol. The number of Topliss-reactive ketones (excluding diaryl/α,β-unsaturated/α-hetero) is 1. The molecule has 0 aliphatic carbocycles. The number of aliphatic hydroxyl groups excluding tert-OH is 1. The Labute approximate surface area is 128 Å². The molecule has 116 valence electrons. The van der Waals surface area contributed by atoms with Crippen LogP contribution in [0, 0.1) is 0 Å². The van der Waals surface area contributed by atoms with E-state index in [2.05, 4.69) is 5.10 Å². The lowest BCUT2D eigenvalue weighted by atomic mass is 9.85. The van der Waals surface area contributed by atoms with Crippen molar-refractivity contribution in [2.45, 2.75) is 26.2 Å². The SMILES string of the molecule is CC(C)(C)c1ccccc1[N+]1(C)C=C(O)C(=O)C(C(=O)O)=N1. The van der Waals surface area contributed by atoms with E-state index < -0.39 is 23.2 Å². The van der Waals surface area contributed by atoms with Gasteiger partial charge in [0.05, 0.1) is 0 Å². The topological polar surface area (TPSA) is 87.0 Å². The standard InChI is InChI=1S/C16H18N2O4/c1-16(2,3)10-7-5-6-8-11(10)18(4)9-12(19)14(20)13(17-18)15(21)22/h5-9H,1-4H3,(H-,19,21,22)/p+1. The van der Waals surface area contributed by atoms with Gasteiger partial charge in [-0.2, -0.15) is 0 Å². The lowest BCUT2D eigenvalue weighted by Gasteiger charge is -2.31. The normalized spacial score (nSPS) is 22.1. The Morgan fingerprint density at radius 2 is 1.82 bits per heavy atom. The number of aliphatic hydroxyl groups is 1. The van der Waals surface area contributed by atoms with E-state index in [1.807, 2.05) is 45.0 Å². The highest BCUT2D eigenvalue weighted by Gasteiger charge is 2.40. The van der Waals surface area contributed by atoms with Crippen LogP contribution in [0.15, 0.2) is 41.3 Å². The Morgan fingerprint density at radius 1 is 1.23 bits per heavy atom. The number of hydrogen-bond acceptors (Lipinski definition) is 4. The van der Waals surface area contributed by atoms with Gasteiger partial charge >= 0.3 is 5.97 Å². The summed E-state index contributed by atoms with van der Waals surface area (Å²) in [6, 6.07) is 7.43. The van der Waals surface area contributed by atoms with Gasteiger partial charge in [0.2, 0.25) is 5.76 Å². The molecule has 0 aromatic heterocycles. The number of quaternary nitrogens is 1. The molecule has 0 bridgehead atoms. The number of rotatable bonds is 2.